The molecule has 42 heavy (non-hydrogen) atoms. The number of amides is 1. The first-order chi connectivity index (χ1) is 20.5. The van der Waals surface area contributed by atoms with E-state index in [1.807, 2.05) is 12.1 Å². The average Bonchev–Trinajstić information content (AvgIpc) is 3.43. The molecule has 2 aromatic rings. The molecule has 6 rings (SSSR count). The molecule has 0 spiro atoms. The minimum Gasteiger partial charge on any atom is -0.462 e. The number of nitrogens with zero attached hydrogens (tertiary/aromatic N) is 7. The van der Waals surface area contributed by atoms with Crippen molar-refractivity contribution in [2.75, 3.05) is 56.2 Å². The highest BCUT2D eigenvalue weighted by atomic mass is 35.5. The number of carbonyl (C=O) groups excluding carboxylic acids is 1. The minimum atomic E-state index is -0.222. The van der Waals surface area contributed by atoms with Crippen molar-refractivity contribution in [2.24, 2.45) is 0 Å². The summed E-state index contributed by atoms with van der Waals surface area (Å²) in [5, 5.41) is 10.3. The first-order valence-corrected chi connectivity index (χ1v) is 15.7. The summed E-state index contributed by atoms with van der Waals surface area (Å²) in [6.07, 6.45) is 8.69. The molecule has 4 aliphatic rings. The Morgan fingerprint density at radius 1 is 1.17 bits per heavy atom. The number of hydrogen-bond donors (Lipinski definition) is 0. The molecule has 2 saturated heterocycles. The lowest BCUT2D eigenvalue weighted by Crippen LogP contribution is -2.55. The lowest BCUT2D eigenvalue weighted by molar-refractivity contribution is -0.128. The maximum atomic E-state index is 12.5. The predicted octanol–water partition coefficient (Wildman–Crippen LogP) is 4.03. The van der Waals surface area contributed by atoms with Gasteiger partial charge in [0.25, 0.3) is 0 Å². The molecule has 0 saturated carbocycles. The van der Waals surface area contributed by atoms with Crippen LogP contribution in [-0.2, 0) is 24.1 Å². The van der Waals surface area contributed by atoms with E-state index in [0.717, 1.165) is 73.7 Å². The monoisotopic (exact) mass is 589 g/mol. The average molecular weight is 590 g/mol. The molecule has 2 fully saturated rings. The Kier molecular flexibility index (Phi) is 8.55. The molecule has 3 atom stereocenters. The van der Waals surface area contributed by atoms with Crippen molar-refractivity contribution in [3.8, 4) is 12.1 Å². The second kappa shape index (κ2) is 12.5. The Labute approximate surface area is 253 Å². The number of benzene rings is 1. The number of piperazine rings is 1. The van der Waals surface area contributed by atoms with E-state index in [0.29, 0.717) is 44.3 Å². The van der Waals surface area contributed by atoms with Gasteiger partial charge in [-0.3, -0.25) is 4.79 Å². The Bertz CT molecular complexity index is 1380. The van der Waals surface area contributed by atoms with E-state index in [1.54, 1.807) is 4.90 Å². The molecule has 10 heteroatoms. The third-order valence-electron chi connectivity index (χ3n) is 9.49. The van der Waals surface area contributed by atoms with Gasteiger partial charge >= 0.3 is 6.01 Å². The van der Waals surface area contributed by atoms with E-state index >= 15 is 0 Å². The number of likely N-dealkylation sites (N-methyl/N-ethyl adjacent to an activating group) is 1. The largest absolute Gasteiger partial charge is 0.462 e. The van der Waals surface area contributed by atoms with Gasteiger partial charge in [-0.05, 0) is 69.8 Å². The molecule has 0 unspecified atom stereocenters. The third kappa shape index (κ3) is 5.67. The lowest BCUT2D eigenvalue weighted by atomic mass is 9.88. The highest BCUT2D eigenvalue weighted by molar-refractivity contribution is 6.33. The van der Waals surface area contributed by atoms with E-state index in [-0.39, 0.29) is 18.4 Å². The molecular weight excluding hydrogens is 550 g/mol. The normalized spacial score (nSPS) is 24.1. The Morgan fingerprint density at radius 3 is 2.83 bits per heavy atom. The molecule has 9 nitrogen and oxygen atoms in total. The number of fused-ring (bicyclic) bond motifs is 2. The van der Waals surface area contributed by atoms with Gasteiger partial charge in [0, 0.05) is 50.2 Å². The smallest absolute Gasteiger partial charge is 0.318 e. The van der Waals surface area contributed by atoms with Gasteiger partial charge in [0.05, 0.1) is 34.9 Å². The van der Waals surface area contributed by atoms with Gasteiger partial charge in [-0.1, -0.05) is 30.3 Å². The van der Waals surface area contributed by atoms with Gasteiger partial charge < -0.3 is 24.3 Å². The molecule has 222 valence electrons. The molecule has 3 aliphatic heterocycles. The van der Waals surface area contributed by atoms with Crippen molar-refractivity contribution in [3.63, 3.8) is 0 Å². The maximum absolute atomic E-state index is 12.5. The molecule has 0 N–H and O–H groups in total. The summed E-state index contributed by atoms with van der Waals surface area (Å²) in [4.78, 5) is 31.4. The van der Waals surface area contributed by atoms with Crippen LogP contribution in [0, 0.1) is 11.3 Å². The summed E-state index contributed by atoms with van der Waals surface area (Å²) >= 11 is 6.75. The van der Waals surface area contributed by atoms with Gasteiger partial charge in [0.1, 0.15) is 12.4 Å². The maximum Gasteiger partial charge on any atom is 0.318 e. The summed E-state index contributed by atoms with van der Waals surface area (Å²) in [5.74, 6) is 0.756. The van der Waals surface area contributed by atoms with Gasteiger partial charge in [-0.2, -0.15) is 15.2 Å². The van der Waals surface area contributed by atoms with E-state index in [9.17, 15) is 10.1 Å². The standard InChI is InChI=1S/C32H40ClN7O2/c1-3-29(41)39-18-17-38(20-24(39)13-14-34)31-26-12-11-23(40-16-5-8-22-7-4-10-27(33)30(22)40)19-28(26)35-32(36-31)42-21-25-9-6-15-37(25)2/h3-4,7,10,23-25H,1,5-6,8-9,11-13,15-21H2,2H3/t23-,24-,25-/m0/s1. The van der Waals surface area contributed by atoms with Crippen molar-refractivity contribution in [1.29, 1.82) is 5.26 Å². The van der Waals surface area contributed by atoms with Crippen molar-refractivity contribution in [1.82, 2.24) is 19.8 Å². The number of likely N-dealkylation sites (tertiary alicyclic amines) is 1. The van der Waals surface area contributed by atoms with Crippen LogP contribution in [0.1, 0.15) is 48.9 Å². The number of ether oxygens (including phenoxy) is 1. The molecule has 1 aromatic carbocycles. The molecule has 1 aromatic heterocycles. The first kappa shape index (κ1) is 28.8. The van der Waals surface area contributed by atoms with E-state index in [2.05, 4.69) is 40.5 Å². The number of rotatable bonds is 7. The Morgan fingerprint density at radius 2 is 2.05 bits per heavy atom. The van der Waals surface area contributed by atoms with Crippen molar-refractivity contribution in [3.05, 3.63) is 52.7 Å². The van der Waals surface area contributed by atoms with Crippen LogP contribution in [0.15, 0.2) is 30.9 Å². The zero-order chi connectivity index (χ0) is 29.2. The first-order valence-electron chi connectivity index (χ1n) is 15.3. The van der Waals surface area contributed by atoms with Crippen LogP contribution >= 0.6 is 11.6 Å². The van der Waals surface area contributed by atoms with Gasteiger partial charge in [0.15, 0.2) is 0 Å². The fraction of sp³-hybridized carbons (Fsp3) is 0.562. The number of para-hydroxylation sites is 1. The fourth-order valence-corrected chi connectivity index (χ4v) is 7.55. The molecule has 0 bridgehead atoms. The minimum absolute atomic E-state index is 0.132. The number of nitriles is 1. The van der Waals surface area contributed by atoms with E-state index in [1.165, 1.54) is 23.7 Å². The Hall–Kier alpha value is -3.35. The van der Waals surface area contributed by atoms with Crippen molar-refractivity contribution < 1.29 is 9.53 Å². The molecular formula is C32H40ClN7O2. The van der Waals surface area contributed by atoms with Crippen LogP contribution < -0.4 is 14.5 Å². The number of anilines is 2. The second-order valence-electron chi connectivity index (χ2n) is 12.0. The number of carbonyl (C=O) groups is 1. The zero-order valence-corrected chi connectivity index (χ0v) is 25.2. The molecule has 0 radical (unpaired) electrons. The van der Waals surface area contributed by atoms with Crippen LogP contribution in [-0.4, -0.2) is 90.2 Å². The zero-order valence-electron chi connectivity index (χ0n) is 24.5. The summed E-state index contributed by atoms with van der Waals surface area (Å²) in [5.41, 5.74) is 4.69. The number of aromatic nitrogens is 2. The van der Waals surface area contributed by atoms with Gasteiger partial charge in [-0.15, -0.1) is 0 Å². The molecule has 1 amide bonds. The van der Waals surface area contributed by atoms with E-state index in [4.69, 9.17) is 26.3 Å². The highest BCUT2D eigenvalue weighted by Gasteiger charge is 2.36. The van der Waals surface area contributed by atoms with Crippen LogP contribution in [0.3, 0.4) is 0 Å². The number of aryl methyl sites for hydroxylation is 1. The van der Waals surface area contributed by atoms with Crippen LogP contribution in [0.5, 0.6) is 6.01 Å². The van der Waals surface area contributed by atoms with Gasteiger partial charge in [0.2, 0.25) is 5.91 Å². The topological polar surface area (TPSA) is 88.8 Å². The van der Waals surface area contributed by atoms with Crippen LogP contribution in [0.25, 0.3) is 0 Å². The summed E-state index contributed by atoms with van der Waals surface area (Å²) in [6.45, 7) is 7.99. The lowest BCUT2D eigenvalue weighted by Gasteiger charge is -2.43. The van der Waals surface area contributed by atoms with Crippen LogP contribution in [0.4, 0.5) is 11.5 Å². The SMILES string of the molecule is C=CC(=O)N1CCN(c2nc(OC[C@@H]3CCCN3C)nc3c2CC[C@H](N2CCCc4cccc(Cl)c42)C3)C[C@@H]1CC#N. The predicted molar refractivity (Wildman–Crippen MR) is 164 cm³/mol. The van der Waals surface area contributed by atoms with E-state index < -0.39 is 0 Å². The summed E-state index contributed by atoms with van der Waals surface area (Å²) in [6, 6.07) is 9.37. The molecule has 4 heterocycles. The summed E-state index contributed by atoms with van der Waals surface area (Å²) in [7, 11) is 2.14. The van der Waals surface area contributed by atoms with Crippen molar-refractivity contribution in [2.45, 2.75) is 69.5 Å². The quantitative estimate of drug-likeness (QED) is 0.447. The van der Waals surface area contributed by atoms with Crippen molar-refractivity contribution >= 4 is 29.0 Å². The van der Waals surface area contributed by atoms with Gasteiger partial charge in [-0.25, -0.2) is 0 Å². The summed E-state index contributed by atoms with van der Waals surface area (Å²) < 4.78 is 6.31. The number of hydrogen-bond acceptors (Lipinski definition) is 8. The second-order valence-corrected chi connectivity index (χ2v) is 12.4. The molecule has 1 aliphatic carbocycles. The highest BCUT2D eigenvalue weighted by Crippen LogP contribution is 2.40. The third-order valence-corrected chi connectivity index (χ3v) is 9.80. The fourth-order valence-electron chi connectivity index (χ4n) is 7.24. The van der Waals surface area contributed by atoms with Crippen LogP contribution in [0.2, 0.25) is 5.02 Å². The number of halogens is 1. The Balaban J connectivity index is 1.31.